The van der Waals surface area contributed by atoms with Crippen LogP contribution in [-0.4, -0.2) is 49.3 Å². The smallest absolute Gasteiger partial charge is 0.341 e. The molecule has 0 aliphatic heterocycles. The minimum absolute atomic E-state index is 0.0238. The summed E-state index contributed by atoms with van der Waals surface area (Å²) in [7, 11) is -1.04. The summed E-state index contributed by atoms with van der Waals surface area (Å²) in [6.45, 7) is 0. The fourth-order valence-electron chi connectivity index (χ4n) is 3.43. The van der Waals surface area contributed by atoms with Crippen molar-refractivity contribution in [2.24, 2.45) is 0 Å². The SMILES string of the molecule is CN(C)C(=O)[C@H](OC(=O)c1ccccc1NS(=O)(=O)c1ccc2[nH]c(=O)[nH]c2c1)c1ccccc1. The van der Waals surface area contributed by atoms with Crippen LogP contribution < -0.4 is 10.4 Å². The molecular weight excluding hydrogens is 472 g/mol. The number of amides is 1. The zero-order valence-corrected chi connectivity index (χ0v) is 19.6. The molecule has 0 radical (unpaired) electrons. The second-order valence-electron chi connectivity index (χ2n) is 7.87. The van der Waals surface area contributed by atoms with E-state index in [1.807, 2.05) is 0 Å². The lowest BCUT2D eigenvalue weighted by atomic mass is 10.1. The molecule has 0 aliphatic carbocycles. The third-order valence-electron chi connectivity index (χ3n) is 5.18. The second-order valence-corrected chi connectivity index (χ2v) is 9.55. The van der Waals surface area contributed by atoms with Crippen molar-refractivity contribution in [2.45, 2.75) is 11.0 Å². The molecule has 0 aliphatic rings. The molecule has 3 N–H and O–H groups in total. The molecule has 35 heavy (non-hydrogen) atoms. The zero-order valence-electron chi connectivity index (χ0n) is 18.8. The van der Waals surface area contributed by atoms with Gasteiger partial charge < -0.3 is 19.6 Å². The van der Waals surface area contributed by atoms with Gasteiger partial charge in [-0.15, -0.1) is 0 Å². The van der Waals surface area contributed by atoms with Crippen molar-refractivity contribution in [1.29, 1.82) is 0 Å². The Labute approximate surface area is 200 Å². The van der Waals surface area contributed by atoms with Gasteiger partial charge in [0, 0.05) is 19.7 Å². The predicted octanol–water partition coefficient (Wildman–Crippen LogP) is 2.64. The van der Waals surface area contributed by atoms with Gasteiger partial charge in [-0.25, -0.2) is 18.0 Å². The number of nitrogens with one attached hydrogen (secondary N) is 3. The molecule has 0 fully saturated rings. The Morgan fingerprint density at radius 2 is 1.57 bits per heavy atom. The van der Waals surface area contributed by atoms with Crippen molar-refractivity contribution >= 4 is 38.6 Å². The number of ether oxygens (including phenoxy) is 1. The van der Waals surface area contributed by atoms with Crippen LogP contribution in [0.3, 0.4) is 0 Å². The number of sulfonamides is 1. The molecule has 3 aromatic carbocycles. The number of imidazole rings is 1. The maximum atomic E-state index is 13.1. The molecule has 4 aromatic rings. The Balaban J connectivity index is 1.64. The predicted molar refractivity (Wildman–Crippen MR) is 129 cm³/mol. The number of nitrogens with zero attached hydrogens (tertiary/aromatic N) is 1. The van der Waals surface area contributed by atoms with Crippen molar-refractivity contribution in [3.63, 3.8) is 0 Å². The molecule has 1 heterocycles. The van der Waals surface area contributed by atoms with Gasteiger partial charge in [0.15, 0.2) is 0 Å². The Kier molecular flexibility index (Phi) is 6.43. The quantitative estimate of drug-likeness (QED) is 0.337. The number of para-hydroxylation sites is 1. The monoisotopic (exact) mass is 494 g/mol. The zero-order chi connectivity index (χ0) is 25.2. The molecule has 4 rings (SSSR count). The van der Waals surface area contributed by atoms with E-state index in [-0.39, 0.29) is 16.1 Å². The summed E-state index contributed by atoms with van der Waals surface area (Å²) in [6.07, 6.45) is -1.21. The number of carbonyl (C=O) groups is 2. The number of H-pyrrole nitrogens is 2. The Bertz CT molecular complexity index is 1560. The van der Waals surface area contributed by atoms with E-state index in [4.69, 9.17) is 4.74 Å². The topological polar surface area (TPSA) is 141 Å². The normalized spacial score (nSPS) is 12.2. The lowest BCUT2D eigenvalue weighted by Crippen LogP contribution is -2.31. The number of fused-ring (bicyclic) bond motifs is 1. The van der Waals surface area contributed by atoms with E-state index in [1.165, 1.54) is 35.2 Å². The molecule has 0 bridgehead atoms. The Morgan fingerprint density at radius 1 is 0.914 bits per heavy atom. The highest BCUT2D eigenvalue weighted by molar-refractivity contribution is 7.92. The summed E-state index contributed by atoms with van der Waals surface area (Å²) in [6, 6.07) is 18.5. The largest absolute Gasteiger partial charge is 0.444 e. The molecule has 0 saturated carbocycles. The maximum Gasteiger partial charge on any atom is 0.341 e. The fraction of sp³-hybridized carbons (Fsp3) is 0.125. The van der Waals surface area contributed by atoms with Gasteiger partial charge in [-0.05, 0) is 30.3 Å². The van der Waals surface area contributed by atoms with Crippen LogP contribution in [0.5, 0.6) is 0 Å². The minimum atomic E-state index is -4.13. The van der Waals surface area contributed by atoms with Crippen molar-refractivity contribution in [3.05, 3.63) is 94.4 Å². The van der Waals surface area contributed by atoms with Crippen molar-refractivity contribution < 1.29 is 22.7 Å². The molecule has 180 valence electrons. The highest BCUT2D eigenvalue weighted by Gasteiger charge is 2.28. The van der Waals surface area contributed by atoms with E-state index in [2.05, 4.69) is 14.7 Å². The summed E-state index contributed by atoms with van der Waals surface area (Å²) in [4.78, 5) is 43.6. The summed E-state index contributed by atoms with van der Waals surface area (Å²) in [5, 5.41) is 0. The molecule has 0 spiro atoms. The number of esters is 1. The van der Waals surface area contributed by atoms with Crippen molar-refractivity contribution in [2.75, 3.05) is 18.8 Å². The second kappa shape index (κ2) is 9.47. The average Bonchev–Trinajstić information content (AvgIpc) is 3.22. The number of carbonyl (C=O) groups excluding carboxylic acids is 2. The first-order chi connectivity index (χ1) is 16.7. The van der Waals surface area contributed by atoms with Gasteiger partial charge >= 0.3 is 11.7 Å². The number of hydrogen-bond donors (Lipinski definition) is 3. The van der Waals surface area contributed by atoms with E-state index in [0.29, 0.717) is 16.6 Å². The number of hydrogen-bond acceptors (Lipinski definition) is 6. The van der Waals surface area contributed by atoms with Gasteiger partial charge in [0.2, 0.25) is 6.10 Å². The number of benzene rings is 3. The van der Waals surface area contributed by atoms with Gasteiger partial charge in [-0.2, -0.15) is 0 Å². The number of likely N-dealkylation sites (N-methyl/N-ethyl adjacent to an activating group) is 1. The maximum absolute atomic E-state index is 13.1. The summed E-state index contributed by atoms with van der Waals surface area (Å²) >= 11 is 0. The first kappa shape index (κ1) is 23.8. The van der Waals surface area contributed by atoms with Gasteiger partial charge in [-0.3, -0.25) is 9.52 Å². The first-order valence-corrected chi connectivity index (χ1v) is 11.9. The third kappa shape index (κ3) is 5.09. The van der Waals surface area contributed by atoms with Crippen molar-refractivity contribution in [3.8, 4) is 0 Å². The summed E-state index contributed by atoms with van der Waals surface area (Å²) in [5.74, 6) is -1.32. The number of anilines is 1. The fourth-order valence-corrected chi connectivity index (χ4v) is 4.53. The van der Waals surface area contributed by atoms with Crippen LogP contribution in [0.15, 0.2) is 82.5 Å². The third-order valence-corrected chi connectivity index (χ3v) is 6.54. The molecule has 11 heteroatoms. The van der Waals surface area contributed by atoms with Gasteiger partial charge in [-0.1, -0.05) is 42.5 Å². The Hall–Kier alpha value is -4.38. The van der Waals surface area contributed by atoms with Gasteiger partial charge in [0.1, 0.15) is 0 Å². The molecule has 0 unspecified atom stereocenters. The van der Waals surface area contributed by atoms with E-state index in [1.54, 1.807) is 56.6 Å². The molecule has 1 aromatic heterocycles. The van der Waals surface area contributed by atoms with Crippen molar-refractivity contribution in [1.82, 2.24) is 14.9 Å². The van der Waals surface area contributed by atoms with Crippen LogP contribution in [-0.2, 0) is 19.6 Å². The molecular formula is C24H22N4O6S. The summed E-state index contributed by atoms with van der Waals surface area (Å²) < 4.78 is 34.0. The molecule has 1 amide bonds. The van der Waals surface area contributed by atoms with E-state index in [9.17, 15) is 22.8 Å². The molecule has 0 saturated heterocycles. The van der Waals surface area contributed by atoms with Crippen LogP contribution in [0.4, 0.5) is 5.69 Å². The van der Waals surface area contributed by atoms with Crippen LogP contribution >= 0.6 is 0 Å². The minimum Gasteiger partial charge on any atom is -0.444 e. The molecule has 1 atom stereocenters. The molecule has 10 nitrogen and oxygen atoms in total. The average molecular weight is 495 g/mol. The number of rotatable bonds is 7. The lowest BCUT2D eigenvalue weighted by molar-refractivity contribution is -0.138. The van der Waals surface area contributed by atoms with Crippen LogP contribution in [0.2, 0.25) is 0 Å². The first-order valence-electron chi connectivity index (χ1n) is 10.5. The van der Waals surface area contributed by atoms with Crippen LogP contribution in [0.25, 0.3) is 11.0 Å². The highest BCUT2D eigenvalue weighted by atomic mass is 32.2. The summed E-state index contributed by atoms with van der Waals surface area (Å²) in [5.41, 5.74) is 0.695. The van der Waals surface area contributed by atoms with Crippen LogP contribution in [0.1, 0.15) is 22.0 Å². The van der Waals surface area contributed by atoms with Crippen LogP contribution in [0, 0.1) is 0 Å². The number of aromatic amines is 2. The number of aromatic nitrogens is 2. The van der Waals surface area contributed by atoms with Gasteiger partial charge in [0.25, 0.3) is 15.9 Å². The van der Waals surface area contributed by atoms with E-state index in [0.717, 1.165) is 0 Å². The lowest BCUT2D eigenvalue weighted by Gasteiger charge is -2.22. The Morgan fingerprint density at radius 3 is 2.29 bits per heavy atom. The highest BCUT2D eigenvalue weighted by Crippen LogP contribution is 2.26. The standard InChI is InChI=1S/C24H22N4O6S/c1-28(2)22(29)21(15-8-4-3-5-9-15)34-23(30)17-10-6-7-11-18(17)27-35(32,33)16-12-13-19-20(14-16)26-24(31)25-19/h3-14,21,27H,1-2H3,(H2,25,26,31)/t21-/m1/s1. The van der Waals surface area contributed by atoms with E-state index >= 15 is 0 Å². The van der Waals surface area contributed by atoms with Gasteiger partial charge in [0.05, 0.1) is 27.2 Å². The van der Waals surface area contributed by atoms with E-state index < -0.39 is 33.7 Å².